The molecule has 4 rings (SSSR count). The van der Waals surface area contributed by atoms with Crippen molar-refractivity contribution in [1.29, 1.82) is 0 Å². The van der Waals surface area contributed by atoms with E-state index in [1.54, 1.807) is 30.9 Å². The minimum absolute atomic E-state index is 0.00703. The molecule has 0 radical (unpaired) electrons. The average Bonchev–Trinajstić information content (AvgIpc) is 3.40. The summed E-state index contributed by atoms with van der Waals surface area (Å²) < 4.78 is 7.51. The van der Waals surface area contributed by atoms with Crippen LogP contribution < -0.4 is 16.4 Å². The van der Waals surface area contributed by atoms with Crippen LogP contribution in [0.4, 0.5) is 5.82 Å². The fraction of sp³-hybridized carbons (Fsp3) is 0.438. The monoisotopic (exact) mass is 574 g/mol. The van der Waals surface area contributed by atoms with Gasteiger partial charge in [0, 0.05) is 19.3 Å². The lowest BCUT2D eigenvalue weighted by Gasteiger charge is -2.33. The van der Waals surface area contributed by atoms with Crippen LogP contribution in [-0.4, -0.2) is 63.4 Å². The van der Waals surface area contributed by atoms with Gasteiger partial charge < -0.3 is 30.6 Å². The number of carbonyl (C=O) groups is 3. The maximum absolute atomic E-state index is 13.8. The van der Waals surface area contributed by atoms with Crippen LogP contribution >= 0.6 is 0 Å². The second kappa shape index (κ2) is 13.8. The van der Waals surface area contributed by atoms with Crippen molar-refractivity contribution in [3.8, 4) is 0 Å². The van der Waals surface area contributed by atoms with Gasteiger partial charge in [0.25, 0.3) is 5.91 Å². The molecule has 1 saturated heterocycles. The number of aryl methyl sites for hydroxylation is 1. The maximum Gasteiger partial charge on any atom is 0.250 e. The van der Waals surface area contributed by atoms with Gasteiger partial charge in [-0.2, -0.15) is 0 Å². The Morgan fingerprint density at radius 1 is 1.10 bits per heavy atom. The third-order valence-electron chi connectivity index (χ3n) is 7.44. The molecule has 1 fully saturated rings. The number of aromatic nitrogens is 2. The van der Waals surface area contributed by atoms with E-state index < -0.39 is 29.4 Å². The summed E-state index contributed by atoms with van der Waals surface area (Å²) >= 11 is 0. The molecule has 1 aliphatic rings. The van der Waals surface area contributed by atoms with Crippen LogP contribution in [0.5, 0.6) is 0 Å². The van der Waals surface area contributed by atoms with Crippen molar-refractivity contribution in [2.75, 3.05) is 25.0 Å². The van der Waals surface area contributed by atoms with Gasteiger partial charge in [-0.3, -0.25) is 14.4 Å². The van der Waals surface area contributed by atoms with Crippen molar-refractivity contribution in [3.05, 3.63) is 83.8 Å². The summed E-state index contributed by atoms with van der Waals surface area (Å²) in [5, 5.41) is 5.47. The number of carbonyl (C=O) groups excluding carboxylic acids is 3. The molecule has 0 aliphatic carbocycles. The molecule has 1 aliphatic heterocycles. The van der Waals surface area contributed by atoms with E-state index in [2.05, 4.69) is 22.5 Å². The molecule has 2 atom stereocenters. The molecular formula is C32H42N6O4. The van der Waals surface area contributed by atoms with Crippen molar-refractivity contribution < 1.29 is 19.1 Å². The summed E-state index contributed by atoms with van der Waals surface area (Å²) in [4.78, 5) is 46.1. The number of hydrogen-bond acceptors (Lipinski definition) is 6. The largest absolute Gasteiger partial charge is 0.374 e. The minimum atomic E-state index is -1.19. The Hall–Kier alpha value is -4.02. The Kier molecular flexibility index (Phi) is 10.1. The first-order valence-corrected chi connectivity index (χ1v) is 14.4. The second-order valence-corrected chi connectivity index (χ2v) is 11.8. The lowest BCUT2D eigenvalue weighted by atomic mass is 9.97. The van der Waals surface area contributed by atoms with E-state index in [4.69, 9.17) is 10.5 Å². The first kappa shape index (κ1) is 30.9. The zero-order chi connectivity index (χ0) is 30.3. The van der Waals surface area contributed by atoms with E-state index in [1.807, 2.05) is 66.4 Å². The summed E-state index contributed by atoms with van der Waals surface area (Å²) in [6.07, 6.45) is 5.13. The molecule has 224 valence electrons. The number of amides is 3. The highest BCUT2D eigenvalue weighted by molar-refractivity contribution is 5.98. The molecule has 1 aromatic heterocycles. The third-order valence-corrected chi connectivity index (χ3v) is 7.44. The molecule has 2 aromatic carbocycles. The fourth-order valence-electron chi connectivity index (χ4n) is 4.84. The summed E-state index contributed by atoms with van der Waals surface area (Å²) in [5.41, 5.74) is 7.61. The van der Waals surface area contributed by atoms with E-state index in [0.717, 1.165) is 29.5 Å². The van der Waals surface area contributed by atoms with Crippen molar-refractivity contribution in [2.45, 2.75) is 64.8 Å². The predicted octanol–water partition coefficient (Wildman–Crippen LogP) is 3.42. The Bertz CT molecular complexity index is 1360. The topological polar surface area (TPSA) is 132 Å². The Morgan fingerprint density at radius 2 is 1.81 bits per heavy atom. The molecule has 10 nitrogen and oxygen atoms in total. The maximum atomic E-state index is 13.8. The van der Waals surface area contributed by atoms with Gasteiger partial charge in [0.05, 0.1) is 25.1 Å². The predicted molar refractivity (Wildman–Crippen MR) is 161 cm³/mol. The van der Waals surface area contributed by atoms with Crippen LogP contribution in [-0.2, 0) is 25.7 Å². The van der Waals surface area contributed by atoms with Crippen molar-refractivity contribution in [3.63, 3.8) is 0 Å². The normalized spacial score (nSPS) is 15.6. The molecule has 4 N–H and O–H groups in total. The van der Waals surface area contributed by atoms with Gasteiger partial charge in [-0.05, 0) is 50.7 Å². The highest BCUT2D eigenvalue weighted by atomic mass is 16.5. The van der Waals surface area contributed by atoms with Crippen LogP contribution in [0.3, 0.4) is 0 Å². The van der Waals surface area contributed by atoms with Crippen molar-refractivity contribution in [1.82, 2.24) is 19.8 Å². The van der Waals surface area contributed by atoms with Gasteiger partial charge in [0.15, 0.2) is 5.82 Å². The van der Waals surface area contributed by atoms with Gasteiger partial charge >= 0.3 is 0 Å². The Morgan fingerprint density at radius 3 is 2.48 bits per heavy atom. The fourth-order valence-corrected chi connectivity index (χ4v) is 4.84. The number of ether oxygens (including phenoxy) is 1. The number of nitrogens with one attached hydrogen (secondary N) is 2. The SMILES string of the molecule is Cc1cccc(C(C(=O)N2CCC(C)CC2)n2cnc(NC(=O)[C@@H](COCc3ccccc3)NC(=O)C(C)(C)N)c2)c1. The van der Waals surface area contributed by atoms with E-state index in [9.17, 15) is 14.4 Å². The van der Waals surface area contributed by atoms with Crippen LogP contribution in [0.25, 0.3) is 0 Å². The number of rotatable bonds is 11. The van der Waals surface area contributed by atoms with E-state index in [-0.39, 0.29) is 24.9 Å². The van der Waals surface area contributed by atoms with Gasteiger partial charge in [-0.25, -0.2) is 4.98 Å². The molecule has 1 unspecified atom stereocenters. The number of likely N-dealkylation sites (tertiary alicyclic amines) is 1. The molecular weight excluding hydrogens is 532 g/mol. The highest BCUT2D eigenvalue weighted by Crippen LogP contribution is 2.26. The first-order valence-electron chi connectivity index (χ1n) is 14.4. The number of nitrogens with two attached hydrogens (primary N) is 1. The number of nitrogens with zero attached hydrogens (tertiary/aromatic N) is 3. The second-order valence-electron chi connectivity index (χ2n) is 11.8. The zero-order valence-electron chi connectivity index (χ0n) is 24.9. The number of benzene rings is 2. The molecule has 42 heavy (non-hydrogen) atoms. The molecule has 0 saturated carbocycles. The number of hydrogen-bond donors (Lipinski definition) is 3. The van der Waals surface area contributed by atoms with Crippen LogP contribution in [0, 0.1) is 12.8 Å². The number of piperidine rings is 1. The number of imidazole rings is 1. The Labute approximate surface area is 247 Å². The average molecular weight is 575 g/mol. The standard InChI is InChI=1S/C32H42N6O4/c1-22-13-15-37(16-14-22)30(40)28(25-12-8-9-23(2)17-25)38-18-27(34-21-38)36-29(39)26(35-31(41)32(3,4)33)20-42-19-24-10-6-5-7-11-24/h5-12,17-18,21-22,26,28H,13-16,19-20,33H2,1-4H3,(H,35,41)(H,36,39)/t26-,28?/m1/s1. The highest BCUT2D eigenvalue weighted by Gasteiger charge is 2.31. The Balaban J connectivity index is 1.51. The van der Waals surface area contributed by atoms with Crippen molar-refractivity contribution in [2.24, 2.45) is 11.7 Å². The quantitative estimate of drug-likeness (QED) is 0.322. The molecule has 3 amide bonds. The lowest BCUT2D eigenvalue weighted by molar-refractivity contribution is -0.135. The summed E-state index contributed by atoms with van der Waals surface area (Å²) in [7, 11) is 0. The lowest BCUT2D eigenvalue weighted by Crippen LogP contribution is -2.56. The van der Waals surface area contributed by atoms with Gasteiger partial charge in [-0.1, -0.05) is 67.1 Å². The minimum Gasteiger partial charge on any atom is -0.374 e. The van der Waals surface area contributed by atoms with E-state index in [0.29, 0.717) is 19.0 Å². The van der Waals surface area contributed by atoms with Crippen LogP contribution in [0.1, 0.15) is 56.3 Å². The third kappa shape index (κ3) is 8.27. The van der Waals surface area contributed by atoms with E-state index in [1.165, 1.54) is 0 Å². The molecule has 0 bridgehead atoms. The van der Waals surface area contributed by atoms with Crippen LogP contribution in [0.15, 0.2) is 67.1 Å². The van der Waals surface area contributed by atoms with Gasteiger partial charge in [0.1, 0.15) is 12.1 Å². The summed E-state index contributed by atoms with van der Waals surface area (Å²) in [6, 6.07) is 15.8. The molecule has 10 heteroatoms. The van der Waals surface area contributed by atoms with Gasteiger partial charge in [-0.15, -0.1) is 0 Å². The number of anilines is 1. The van der Waals surface area contributed by atoms with Crippen LogP contribution in [0.2, 0.25) is 0 Å². The molecule has 2 heterocycles. The summed E-state index contributed by atoms with van der Waals surface area (Å²) in [5.74, 6) is -0.150. The van der Waals surface area contributed by atoms with Gasteiger partial charge in [0.2, 0.25) is 11.8 Å². The first-order chi connectivity index (χ1) is 20.0. The zero-order valence-corrected chi connectivity index (χ0v) is 24.9. The molecule has 0 spiro atoms. The summed E-state index contributed by atoms with van der Waals surface area (Å²) in [6.45, 7) is 8.96. The smallest absolute Gasteiger partial charge is 0.250 e. The molecule has 3 aromatic rings. The van der Waals surface area contributed by atoms with E-state index >= 15 is 0 Å². The van der Waals surface area contributed by atoms with Crippen molar-refractivity contribution >= 4 is 23.5 Å².